The molecule has 6 nitrogen and oxygen atoms in total. The van der Waals surface area contributed by atoms with Crippen molar-refractivity contribution in [1.82, 2.24) is 0 Å². The molecule has 3 rings (SSSR count). The van der Waals surface area contributed by atoms with E-state index >= 15 is 0 Å². The van der Waals surface area contributed by atoms with Crippen LogP contribution in [0.1, 0.15) is 18.9 Å². The average molecular weight is 326 g/mol. The number of fused-ring (bicyclic) bond motifs is 1. The minimum absolute atomic E-state index is 0.0901. The van der Waals surface area contributed by atoms with Gasteiger partial charge in [0, 0.05) is 24.7 Å². The first-order valence-electron chi connectivity index (χ1n) is 7.66. The first-order chi connectivity index (χ1) is 11.6. The topological polar surface area (TPSA) is 76.7 Å². The van der Waals surface area contributed by atoms with Crippen LogP contribution in [-0.2, 0) is 16.0 Å². The molecular weight excluding hydrogens is 308 g/mol. The Kier molecular flexibility index (Phi) is 4.65. The monoisotopic (exact) mass is 326 g/mol. The molecule has 0 aromatic heterocycles. The van der Waals surface area contributed by atoms with E-state index in [4.69, 9.17) is 9.47 Å². The van der Waals surface area contributed by atoms with Crippen LogP contribution in [-0.4, -0.2) is 18.6 Å². The summed E-state index contributed by atoms with van der Waals surface area (Å²) in [5, 5.41) is 5.52. The molecular formula is C18H18N2O4. The standard InChI is InChI=1S/C18H18N2O4/c1-12(21)19-14-3-2-4-15(10-14)20-18(22)8-6-13-5-7-16-17(9-13)24-11-23-16/h2-5,7,9-10H,6,8,11H2,1H3,(H,19,21)(H,20,22). The van der Waals surface area contributed by atoms with Crippen molar-refractivity contribution in [3.8, 4) is 11.5 Å². The molecule has 1 aliphatic rings. The molecule has 0 bridgehead atoms. The SMILES string of the molecule is CC(=O)Nc1cccc(NC(=O)CCc2ccc3c(c2)OCO3)c1. The summed E-state index contributed by atoms with van der Waals surface area (Å²) in [6.45, 7) is 1.68. The van der Waals surface area contributed by atoms with Gasteiger partial charge in [-0.15, -0.1) is 0 Å². The van der Waals surface area contributed by atoms with Gasteiger partial charge in [-0.3, -0.25) is 9.59 Å². The van der Waals surface area contributed by atoms with Crippen molar-refractivity contribution in [1.29, 1.82) is 0 Å². The summed E-state index contributed by atoms with van der Waals surface area (Å²) in [5.74, 6) is 1.21. The number of hydrogen-bond donors (Lipinski definition) is 2. The van der Waals surface area contributed by atoms with E-state index in [9.17, 15) is 9.59 Å². The van der Waals surface area contributed by atoms with Gasteiger partial charge < -0.3 is 20.1 Å². The molecule has 0 saturated carbocycles. The van der Waals surface area contributed by atoms with E-state index in [0.29, 0.717) is 24.2 Å². The van der Waals surface area contributed by atoms with Crippen molar-refractivity contribution in [2.24, 2.45) is 0 Å². The minimum Gasteiger partial charge on any atom is -0.454 e. The first kappa shape index (κ1) is 15.9. The molecule has 2 N–H and O–H groups in total. The van der Waals surface area contributed by atoms with Crippen LogP contribution in [0.4, 0.5) is 11.4 Å². The number of benzene rings is 2. The van der Waals surface area contributed by atoms with Crippen LogP contribution in [0.2, 0.25) is 0 Å². The Balaban J connectivity index is 1.55. The van der Waals surface area contributed by atoms with Crippen molar-refractivity contribution in [2.45, 2.75) is 19.8 Å². The van der Waals surface area contributed by atoms with E-state index in [1.54, 1.807) is 24.3 Å². The molecule has 0 aliphatic carbocycles. The van der Waals surface area contributed by atoms with E-state index < -0.39 is 0 Å². The molecule has 0 unspecified atom stereocenters. The van der Waals surface area contributed by atoms with Gasteiger partial charge >= 0.3 is 0 Å². The zero-order valence-electron chi connectivity index (χ0n) is 13.3. The molecule has 0 saturated heterocycles. The molecule has 0 atom stereocenters. The number of nitrogens with one attached hydrogen (secondary N) is 2. The highest BCUT2D eigenvalue weighted by Gasteiger charge is 2.13. The van der Waals surface area contributed by atoms with Gasteiger partial charge in [0.1, 0.15) is 0 Å². The summed E-state index contributed by atoms with van der Waals surface area (Å²) in [7, 11) is 0. The van der Waals surface area contributed by atoms with Gasteiger partial charge in [-0.1, -0.05) is 12.1 Å². The highest BCUT2D eigenvalue weighted by Crippen LogP contribution is 2.32. The summed E-state index contributed by atoms with van der Waals surface area (Å²) in [5.41, 5.74) is 2.31. The van der Waals surface area contributed by atoms with Crippen LogP contribution in [0.5, 0.6) is 11.5 Å². The highest BCUT2D eigenvalue weighted by atomic mass is 16.7. The predicted molar refractivity (Wildman–Crippen MR) is 90.3 cm³/mol. The fourth-order valence-electron chi connectivity index (χ4n) is 2.46. The number of carbonyl (C=O) groups excluding carboxylic acids is 2. The van der Waals surface area contributed by atoms with E-state index in [1.165, 1.54) is 6.92 Å². The van der Waals surface area contributed by atoms with Gasteiger partial charge in [-0.05, 0) is 42.3 Å². The Morgan fingerprint density at radius 3 is 2.54 bits per heavy atom. The van der Waals surface area contributed by atoms with E-state index in [2.05, 4.69) is 10.6 Å². The zero-order chi connectivity index (χ0) is 16.9. The lowest BCUT2D eigenvalue weighted by atomic mass is 10.1. The van der Waals surface area contributed by atoms with Gasteiger partial charge in [0.25, 0.3) is 0 Å². The van der Waals surface area contributed by atoms with Crippen LogP contribution in [0.15, 0.2) is 42.5 Å². The van der Waals surface area contributed by atoms with Crippen molar-refractivity contribution in [3.63, 3.8) is 0 Å². The second-order valence-corrected chi connectivity index (χ2v) is 5.50. The molecule has 2 amide bonds. The molecule has 6 heteroatoms. The fraction of sp³-hybridized carbons (Fsp3) is 0.222. The maximum absolute atomic E-state index is 12.1. The summed E-state index contributed by atoms with van der Waals surface area (Å²) < 4.78 is 10.6. The normalized spacial score (nSPS) is 11.9. The summed E-state index contributed by atoms with van der Waals surface area (Å²) in [4.78, 5) is 23.2. The van der Waals surface area contributed by atoms with E-state index in [0.717, 1.165) is 17.1 Å². The zero-order valence-corrected chi connectivity index (χ0v) is 13.3. The Morgan fingerprint density at radius 1 is 1.00 bits per heavy atom. The van der Waals surface area contributed by atoms with Crippen LogP contribution < -0.4 is 20.1 Å². The van der Waals surface area contributed by atoms with Crippen molar-refractivity contribution in [2.75, 3.05) is 17.4 Å². The number of carbonyl (C=O) groups is 2. The molecule has 0 fully saturated rings. The second-order valence-electron chi connectivity index (χ2n) is 5.50. The lowest BCUT2D eigenvalue weighted by Crippen LogP contribution is -2.13. The Hall–Kier alpha value is -3.02. The number of ether oxygens (including phenoxy) is 2. The molecule has 0 radical (unpaired) electrons. The number of aryl methyl sites for hydroxylation is 1. The average Bonchev–Trinajstić information content (AvgIpc) is 3.00. The third kappa shape index (κ3) is 4.04. The third-order valence-electron chi connectivity index (χ3n) is 3.54. The fourth-order valence-corrected chi connectivity index (χ4v) is 2.46. The smallest absolute Gasteiger partial charge is 0.231 e. The number of anilines is 2. The third-order valence-corrected chi connectivity index (χ3v) is 3.54. The number of amides is 2. The largest absolute Gasteiger partial charge is 0.454 e. The Labute approximate surface area is 139 Å². The van der Waals surface area contributed by atoms with Crippen LogP contribution in [0.25, 0.3) is 0 Å². The van der Waals surface area contributed by atoms with Crippen molar-refractivity contribution >= 4 is 23.2 Å². The van der Waals surface area contributed by atoms with Gasteiger partial charge in [0.05, 0.1) is 0 Å². The maximum Gasteiger partial charge on any atom is 0.231 e. The highest BCUT2D eigenvalue weighted by molar-refractivity contribution is 5.93. The van der Waals surface area contributed by atoms with Crippen LogP contribution in [0, 0.1) is 0 Å². The summed E-state index contributed by atoms with van der Waals surface area (Å²) in [6, 6.07) is 12.7. The molecule has 0 spiro atoms. The summed E-state index contributed by atoms with van der Waals surface area (Å²) >= 11 is 0. The quantitative estimate of drug-likeness (QED) is 0.886. The Bertz CT molecular complexity index is 773. The minimum atomic E-state index is -0.152. The molecule has 24 heavy (non-hydrogen) atoms. The van der Waals surface area contributed by atoms with Gasteiger partial charge in [0.2, 0.25) is 18.6 Å². The van der Waals surface area contributed by atoms with Gasteiger partial charge in [-0.2, -0.15) is 0 Å². The van der Waals surface area contributed by atoms with E-state index in [-0.39, 0.29) is 18.6 Å². The van der Waals surface area contributed by atoms with Gasteiger partial charge in [0.15, 0.2) is 11.5 Å². The van der Waals surface area contributed by atoms with E-state index in [1.807, 2.05) is 18.2 Å². The molecule has 1 aliphatic heterocycles. The molecule has 1 heterocycles. The van der Waals surface area contributed by atoms with Gasteiger partial charge in [-0.25, -0.2) is 0 Å². The molecule has 2 aromatic rings. The summed E-state index contributed by atoms with van der Waals surface area (Å²) in [6.07, 6.45) is 0.956. The second kappa shape index (κ2) is 7.04. The van der Waals surface area contributed by atoms with Crippen molar-refractivity contribution in [3.05, 3.63) is 48.0 Å². The molecule has 2 aromatic carbocycles. The Morgan fingerprint density at radius 2 is 1.75 bits per heavy atom. The maximum atomic E-state index is 12.1. The lowest BCUT2D eigenvalue weighted by Gasteiger charge is -2.08. The first-order valence-corrected chi connectivity index (χ1v) is 7.66. The van der Waals surface area contributed by atoms with Crippen molar-refractivity contribution < 1.29 is 19.1 Å². The predicted octanol–water partition coefficient (Wildman–Crippen LogP) is 2.95. The number of rotatable bonds is 5. The van der Waals surface area contributed by atoms with Crippen LogP contribution in [0.3, 0.4) is 0 Å². The molecule has 124 valence electrons. The number of hydrogen-bond acceptors (Lipinski definition) is 4. The van der Waals surface area contributed by atoms with Crippen LogP contribution >= 0.6 is 0 Å². The lowest BCUT2D eigenvalue weighted by molar-refractivity contribution is -0.116.